The van der Waals surface area contributed by atoms with Crippen molar-refractivity contribution in [1.29, 1.82) is 0 Å². The van der Waals surface area contributed by atoms with Crippen LogP contribution in [0.5, 0.6) is 0 Å². The predicted molar refractivity (Wildman–Crippen MR) is 126 cm³/mol. The van der Waals surface area contributed by atoms with Crippen molar-refractivity contribution in [3.05, 3.63) is 87.4 Å². The number of nitrogens with one attached hydrogen (secondary N) is 1. The number of H-pyrrole nitrogens is 1. The fraction of sp³-hybridized carbons (Fsp3) is 0.160. The molecule has 0 bridgehead atoms. The highest BCUT2D eigenvalue weighted by molar-refractivity contribution is 7.93. The van der Waals surface area contributed by atoms with E-state index >= 15 is 0 Å². The molecule has 11 heteroatoms. The van der Waals surface area contributed by atoms with Gasteiger partial charge in [0.05, 0.1) is 22.1 Å². The number of aromatic amines is 1. The first-order chi connectivity index (χ1) is 17.0. The molecule has 2 N–H and O–H groups in total. The topological polar surface area (TPSA) is 87.2 Å². The van der Waals surface area contributed by atoms with Crippen molar-refractivity contribution in [3.8, 4) is 11.8 Å². The second kappa shape index (κ2) is 9.79. The molecule has 0 aliphatic heterocycles. The minimum atomic E-state index is -4.10. The summed E-state index contributed by atoms with van der Waals surface area (Å²) in [5.41, 5.74) is 0.932. The van der Waals surface area contributed by atoms with E-state index in [1.54, 1.807) is 0 Å². The quantitative estimate of drug-likeness (QED) is 0.154. The van der Waals surface area contributed by atoms with E-state index in [0.717, 1.165) is 28.7 Å². The first-order valence-electron chi connectivity index (χ1n) is 10.4. The number of thiophene rings is 1. The molecular weight excluding hydrogens is 518 g/mol. The lowest BCUT2D eigenvalue weighted by Gasteiger charge is -2.12. The summed E-state index contributed by atoms with van der Waals surface area (Å²) in [7, 11) is -4.10. The molecule has 0 amide bonds. The van der Waals surface area contributed by atoms with Crippen molar-refractivity contribution in [2.75, 3.05) is 5.75 Å². The van der Waals surface area contributed by atoms with E-state index in [1.165, 1.54) is 12.1 Å². The van der Waals surface area contributed by atoms with Crippen LogP contribution in [0.4, 0.5) is 17.6 Å². The number of aryl methyl sites for hydroxylation is 1. The van der Waals surface area contributed by atoms with Crippen molar-refractivity contribution in [1.82, 2.24) is 4.98 Å². The van der Waals surface area contributed by atoms with E-state index in [4.69, 9.17) is 0 Å². The summed E-state index contributed by atoms with van der Waals surface area (Å²) in [4.78, 5) is 14.5. The minimum Gasteiger partial charge on any atom is -0.481 e. The number of carbonyl (C=O) groups is 1. The van der Waals surface area contributed by atoms with Gasteiger partial charge in [0.15, 0.2) is 33.1 Å². The second-order valence-corrected chi connectivity index (χ2v) is 11.4. The van der Waals surface area contributed by atoms with E-state index in [1.807, 2.05) is 31.2 Å². The van der Waals surface area contributed by atoms with E-state index < -0.39 is 68.1 Å². The van der Waals surface area contributed by atoms with Gasteiger partial charge in [-0.25, -0.2) is 26.0 Å². The van der Waals surface area contributed by atoms with Gasteiger partial charge in [-0.3, -0.25) is 4.79 Å². The molecule has 4 rings (SSSR count). The van der Waals surface area contributed by atoms with Crippen molar-refractivity contribution >= 4 is 38.0 Å². The third-order valence-electron chi connectivity index (χ3n) is 5.48. The van der Waals surface area contributed by atoms with Crippen molar-refractivity contribution in [3.63, 3.8) is 0 Å². The molecule has 0 saturated heterocycles. The average Bonchev–Trinajstić information content (AvgIpc) is 3.48. The lowest BCUT2D eigenvalue weighted by Crippen LogP contribution is -2.25. The summed E-state index contributed by atoms with van der Waals surface area (Å²) in [5, 5.41) is 8.95. The molecule has 2 aromatic carbocycles. The van der Waals surface area contributed by atoms with Gasteiger partial charge in [-0.15, -0.1) is 11.3 Å². The fourth-order valence-electron chi connectivity index (χ4n) is 3.62. The van der Waals surface area contributed by atoms with Gasteiger partial charge in [-0.2, -0.15) is 0 Å². The number of benzene rings is 2. The lowest BCUT2D eigenvalue weighted by atomic mass is 10.00. The van der Waals surface area contributed by atoms with Crippen molar-refractivity contribution < 1.29 is 35.9 Å². The SMILES string of the molecule is Cc1ccc(C#Cc2ccc(S(=O)(=O)C[C@@H](Cc3c[nH]c4c(F)c(F)c(F)c(F)c34)C(=O)O)s2)cc1. The number of hydrogen-bond acceptors (Lipinski definition) is 4. The van der Waals surface area contributed by atoms with Gasteiger partial charge in [0.1, 0.15) is 4.21 Å². The molecule has 186 valence electrons. The maximum absolute atomic E-state index is 14.3. The standard InChI is InChI=1S/C25H17F4NO4S2/c1-13-2-4-14(5-3-13)6-7-17-8-9-18(35-17)36(33,34)12-16(25(31)32)10-15-11-30-24-19(15)20(26)21(27)22(28)23(24)29/h2-5,8-9,11,16,30H,10,12H2,1H3,(H,31,32)/t16-/m1/s1. The Bertz CT molecular complexity index is 1650. The Hall–Kier alpha value is -3.62. The number of fused-ring (bicyclic) bond motifs is 1. The summed E-state index contributed by atoms with van der Waals surface area (Å²) in [6.07, 6.45) is 0.434. The van der Waals surface area contributed by atoms with E-state index in [2.05, 4.69) is 16.8 Å². The molecule has 0 fully saturated rings. The molecule has 0 saturated carbocycles. The molecule has 2 aromatic heterocycles. The molecule has 4 aromatic rings. The van der Waals surface area contributed by atoms with Gasteiger partial charge >= 0.3 is 5.97 Å². The van der Waals surface area contributed by atoms with Crippen molar-refractivity contribution in [2.45, 2.75) is 17.6 Å². The maximum atomic E-state index is 14.3. The largest absolute Gasteiger partial charge is 0.481 e. The Morgan fingerprint density at radius 1 is 1.00 bits per heavy atom. The lowest BCUT2D eigenvalue weighted by molar-refractivity contribution is -0.140. The number of carboxylic acid groups (broad SMARTS) is 1. The molecule has 0 radical (unpaired) electrons. The molecule has 2 heterocycles. The third kappa shape index (κ3) is 5.01. The van der Waals surface area contributed by atoms with Crippen LogP contribution in [0.3, 0.4) is 0 Å². The molecule has 1 atom stereocenters. The summed E-state index contributed by atoms with van der Waals surface area (Å²) in [6.45, 7) is 1.93. The third-order valence-corrected chi connectivity index (χ3v) is 8.88. The van der Waals surface area contributed by atoms with Crippen LogP contribution in [0.2, 0.25) is 0 Å². The molecule has 5 nitrogen and oxygen atoms in total. The van der Waals surface area contributed by atoms with Gasteiger partial charge < -0.3 is 10.1 Å². The summed E-state index contributed by atoms with van der Waals surface area (Å²) in [5.74, 6) is -5.55. The number of sulfone groups is 1. The summed E-state index contributed by atoms with van der Waals surface area (Å²) >= 11 is 0.873. The second-order valence-electron chi connectivity index (χ2n) is 8.08. The molecular formula is C25H17F4NO4S2. The zero-order valence-electron chi connectivity index (χ0n) is 18.5. The molecule has 0 aliphatic carbocycles. The minimum absolute atomic E-state index is 0.105. The Morgan fingerprint density at radius 3 is 2.33 bits per heavy atom. The van der Waals surface area contributed by atoms with E-state index in [9.17, 15) is 35.9 Å². The number of rotatable bonds is 6. The molecule has 0 spiro atoms. The number of aromatic nitrogens is 1. The Balaban J connectivity index is 1.58. The highest BCUT2D eigenvalue weighted by atomic mass is 32.2. The van der Waals surface area contributed by atoms with Gasteiger partial charge in [0.25, 0.3) is 0 Å². The average molecular weight is 536 g/mol. The Morgan fingerprint density at radius 2 is 1.67 bits per heavy atom. The highest BCUT2D eigenvalue weighted by Crippen LogP contribution is 2.31. The van der Waals surface area contributed by atoms with E-state index in [-0.39, 0.29) is 9.77 Å². The number of aliphatic carboxylic acids is 1. The van der Waals surface area contributed by atoms with E-state index in [0.29, 0.717) is 4.88 Å². The fourth-order valence-corrected chi connectivity index (χ4v) is 6.42. The normalized spacial score (nSPS) is 12.4. The summed E-state index contributed by atoms with van der Waals surface area (Å²) < 4.78 is 81.3. The Labute approximate surface area is 207 Å². The first kappa shape index (κ1) is 25.5. The van der Waals surface area contributed by atoms with Gasteiger partial charge in [-0.1, -0.05) is 29.5 Å². The number of carboxylic acids is 1. The van der Waals surface area contributed by atoms with Gasteiger partial charge in [0.2, 0.25) is 0 Å². The number of hydrogen-bond donors (Lipinski definition) is 2. The van der Waals surface area contributed by atoms with Crippen LogP contribution in [-0.4, -0.2) is 30.2 Å². The summed E-state index contributed by atoms with van der Waals surface area (Å²) in [6, 6.07) is 10.2. The molecule has 36 heavy (non-hydrogen) atoms. The van der Waals surface area contributed by atoms with Crippen LogP contribution < -0.4 is 0 Å². The highest BCUT2D eigenvalue weighted by Gasteiger charge is 2.31. The Kier molecular flexibility index (Phi) is 6.93. The first-order valence-corrected chi connectivity index (χ1v) is 12.9. The monoisotopic (exact) mass is 535 g/mol. The van der Waals surface area contributed by atoms with Crippen LogP contribution >= 0.6 is 11.3 Å². The zero-order chi connectivity index (χ0) is 26.2. The zero-order valence-corrected chi connectivity index (χ0v) is 20.2. The van der Waals surface area contributed by atoms with Crippen LogP contribution in [0, 0.1) is 48.0 Å². The van der Waals surface area contributed by atoms with Crippen LogP contribution in [0.25, 0.3) is 10.9 Å². The predicted octanol–water partition coefficient (Wildman–Crippen LogP) is 5.21. The maximum Gasteiger partial charge on any atom is 0.307 e. The van der Waals surface area contributed by atoms with Crippen molar-refractivity contribution in [2.24, 2.45) is 5.92 Å². The van der Waals surface area contributed by atoms with Gasteiger partial charge in [-0.05, 0) is 43.2 Å². The number of halogens is 4. The van der Waals surface area contributed by atoms with Gasteiger partial charge in [0, 0.05) is 17.1 Å². The molecule has 0 aliphatic rings. The smallest absolute Gasteiger partial charge is 0.307 e. The van der Waals surface area contributed by atoms with Crippen LogP contribution in [0.15, 0.2) is 46.8 Å². The molecule has 0 unspecified atom stereocenters. The van der Waals surface area contributed by atoms with Crippen LogP contribution in [0.1, 0.15) is 21.6 Å². The van der Waals surface area contributed by atoms with Crippen LogP contribution in [-0.2, 0) is 21.1 Å².